The average Bonchev–Trinajstić information content (AvgIpc) is 2.65. The molecule has 1 spiro atoms. The van der Waals surface area contributed by atoms with Gasteiger partial charge < -0.3 is 4.43 Å². The quantitative estimate of drug-likeness (QED) is 0.551. The molecule has 0 radical (unpaired) electrons. The smallest absolute Gasteiger partial charge is 0.192 e. The fourth-order valence-electron chi connectivity index (χ4n) is 3.00. The maximum atomic E-state index is 12.4. The topological polar surface area (TPSA) is 26.3 Å². The number of hydrogen-bond donors (Lipinski definition) is 0. The zero-order valence-corrected chi connectivity index (χ0v) is 14.1. The lowest BCUT2D eigenvalue weighted by Gasteiger charge is -2.44. The SMILES string of the molecule is CC(C)(C)[Si](C)(C)O[C@H]1CC=C[C@@]12CCCCC2=O. The molecule has 0 bridgehead atoms. The zero-order chi connectivity index (χ0) is 14.3. The molecule has 0 unspecified atom stereocenters. The lowest BCUT2D eigenvalue weighted by Crippen LogP contribution is -2.50. The van der Waals surface area contributed by atoms with Gasteiger partial charge in [0.25, 0.3) is 0 Å². The van der Waals surface area contributed by atoms with Gasteiger partial charge in [-0.15, -0.1) is 0 Å². The van der Waals surface area contributed by atoms with E-state index in [1.165, 1.54) is 0 Å². The molecule has 0 heterocycles. The number of ketones is 1. The molecule has 2 atom stereocenters. The second-order valence-corrected chi connectivity index (χ2v) is 12.4. The molecular formula is C16H28O2Si. The molecule has 1 fully saturated rings. The molecule has 3 heteroatoms. The molecule has 0 amide bonds. The fourth-order valence-corrected chi connectivity index (χ4v) is 4.37. The second kappa shape index (κ2) is 4.85. The van der Waals surface area contributed by atoms with Crippen LogP contribution in [-0.2, 0) is 9.22 Å². The van der Waals surface area contributed by atoms with Crippen molar-refractivity contribution in [2.45, 2.75) is 77.1 Å². The van der Waals surface area contributed by atoms with Crippen LogP contribution >= 0.6 is 0 Å². The predicted octanol–water partition coefficient (Wildman–Crippen LogP) is 4.47. The van der Waals surface area contributed by atoms with Crippen LogP contribution in [0.5, 0.6) is 0 Å². The Kier molecular flexibility index (Phi) is 3.82. The lowest BCUT2D eigenvalue weighted by atomic mass is 9.71. The highest BCUT2D eigenvalue weighted by Gasteiger charge is 2.50. The highest BCUT2D eigenvalue weighted by molar-refractivity contribution is 6.74. The van der Waals surface area contributed by atoms with Gasteiger partial charge in [0.1, 0.15) is 5.78 Å². The predicted molar refractivity (Wildman–Crippen MR) is 81.7 cm³/mol. The van der Waals surface area contributed by atoms with Crippen molar-refractivity contribution in [3.8, 4) is 0 Å². The van der Waals surface area contributed by atoms with Gasteiger partial charge in [-0.1, -0.05) is 39.3 Å². The van der Waals surface area contributed by atoms with E-state index < -0.39 is 8.32 Å². The van der Waals surface area contributed by atoms with Gasteiger partial charge in [0.05, 0.1) is 11.5 Å². The molecule has 2 nitrogen and oxygen atoms in total. The van der Waals surface area contributed by atoms with Gasteiger partial charge in [-0.05, 0) is 37.4 Å². The Morgan fingerprint density at radius 1 is 1.32 bits per heavy atom. The molecule has 0 saturated heterocycles. The van der Waals surface area contributed by atoms with Gasteiger partial charge in [0.15, 0.2) is 8.32 Å². The number of Topliss-reactive ketones (excluding diaryl/α,β-unsaturated/α-hetero) is 1. The normalized spacial score (nSPS) is 32.3. The van der Waals surface area contributed by atoms with E-state index in [0.717, 1.165) is 32.1 Å². The minimum atomic E-state index is -1.80. The van der Waals surface area contributed by atoms with E-state index >= 15 is 0 Å². The maximum Gasteiger partial charge on any atom is 0.192 e. The van der Waals surface area contributed by atoms with Crippen molar-refractivity contribution in [1.82, 2.24) is 0 Å². The summed E-state index contributed by atoms with van der Waals surface area (Å²) in [4.78, 5) is 12.4. The van der Waals surface area contributed by atoms with E-state index in [0.29, 0.717) is 5.78 Å². The molecule has 19 heavy (non-hydrogen) atoms. The average molecular weight is 280 g/mol. The summed E-state index contributed by atoms with van der Waals surface area (Å²) in [6, 6.07) is 0. The molecule has 2 rings (SSSR count). The van der Waals surface area contributed by atoms with Crippen LogP contribution in [0.15, 0.2) is 12.2 Å². The number of hydrogen-bond acceptors (Lipinski definition) is 2. The van der Waals surface area contributed by atoms with Gasteiger partial charge in [-0.3, -0.25) is 4.79 Å². The molecule has 0 N–H and O–H groups in total. The van der Waals surface area contributed by atoms with E-state index in [4.69, 9.17) is 4.43 Å². The molecule has 2 aliphatic rings. The van der Waals surface area contributed by atoms with Crippen molar-refractivity contribution in [3.63, 3.8) is 0 Å². The first kappa shape index (κ1) is 15.0. The molecule has 1 saturated carbocycles. The largest absolute Gasteiger partial charge is 0.412 e. The molecule has 0 aliphatic heterocycles. The first-order chi connectivity index (χ1) is 8.69. The zero-order valence-electron chi connectivity index (χ0n) is 13.1. The number of carbonyl (C=O) groups is 1. The summed E-state index contributed by atoms with van der Waals surface area (Å²) >= 11 is 0. The summed E-state index contributed by atoms with van der Waals surface area (Å²) in [5, 5.41) is 0.203. The molecular weight excluding hydrogens is 252 g/mol. The van der Waals surface area contributed by atoms with E-state index in [1.54, 1.807) is 0 Å². The summed E-state index contributed by atoms with van der Waals surface area (Å²) in [5.41, 5.74) is -0.284. The molecule has 108 valence electrons. The van der Waals surface area contributed by atoms with Crippen LogP contribution in [0.2, 0.25) is 18.1 Å². The Balaban J connectivity index is 2.19. The van der Waals surface area contributed by atoms with Crippen molar-refractivity contribution >= 4 is 14.1 Å². The highest BCUT2D eigenvalue weighted by Crippen LogP contribution is 2.47. The van der Waals surface area contributed by atoms with Crippen molar-refractivity contribution in [1.29, 1.82) is 0 Å². The van der Waals surface area contributed by atoms with Crippen molar-refractivity contribution in [3.05, 3.63) is 12.2 Å². The van der Waals surface area contributed by atoms with E-state index in [2.05, 4.69) is 46.0 Å². The van der Waals surface area contributed by atoms with Crippen LogP contribution in [0.4, 0.5) is 0 Å². The molecule has 0 aromatic rings. The first-order valence-electron chi connectivity index (χ1n) is 7.58. The van der Waals surface area contributed by atoms with Crippen molar-refractivity contribution < 1.29 is 9.22 Å². The summed E-state index contributed by atoms with van der Waals surface area (Å²) < 4.78 is 6.58. The van der Waals surface area contributed by atoms with Crippen LogP contribution in [0, 0.1) is 5.41 Å². The van der Waals surface area contributed by atoms with Crippen molar-refractivity contribution in [2.75, 3.05) is 0 Å². The Morgan fingerprint density at radius 3 is 2.58 bits per heavy atom. The second-order valence-electron chi connectivity index (χ2n) is 7.68. The highest BCUT2D eigenvalue weighted by atomic mass is 28.4. The number of rotatable bonds is 2. The minimum Gasteiger partial charge on any atom is -0.412 e. The number of carbonyl (C=O) groups excluding carboxylic acids is 1. The summed E-state index contributed by atoms with van der Waals surface area (Å²) in [6.45, 7) is 11.4. The van der Waals surface area contributed by atoms with Gasteiger partial charge in [0.2, 0.25) is 0 Å². The van der Waals surface area contributed by atoms with Gasteiger partial charge in [-0.2, -0.15) is 0 Å². The summed E-state index contributed by atoms with van der Waals surface area (Å²) in [5.74, 6) is 0.413. The maximum absolute atomic E-state index is 12.4. The Hall–Kier alpha value is -0.413. The van der Waals surface area contributed by atoms with Gasteiger partial charge >= 0.3 is 0 Å². The van der Waals surface area contributed by atoms with Crippen LogP contribution < -0.4 is 0 Å². The minimum absolute atomic E-state index is 0.0983. The third-order valence-electron chi connectivity index (χ3n) is 5.35. The Bertz CT molecular complexity index is 392. The lowest BCUT2D eigenvalue weighted by molar-refractivity contribution is -0.133. The molecule has 2 aliphatic carbocycles. The monoisotopic (exact) mass is 280 g/mol. The van der Waals surface area contributed by atoms with Gasteiger partial charge in [-0.25, -0.2) is 0 Å². The van der Waals surface area contributed by atoms with Crippen molar-refractivity contribution in [2.24, 2.45) is 5.41 Å². The van der Waals surface area contributed by atoms with Crippen LogP contribution in [0.1, 0.15) is 52.9 Å². The van der Waals surface area contributed by atoms with E-state index in [1.807, 2.05) is 0 Å². The van der Waals surface area contributed by atoms with Crippen LogP contribution in [0.3, 0.4) is 0 Å². The molecule has 0 aromatic heterocycles. The Morgan fingerprint density at radius 2 is 2.00 bits per heavy atom. The summed E-state index contributed by atoms with van der Waals surface area (Å²) in [6.07, 6.45) is 9.28. The Labute approximate surface area is 118 Å². The molecule has 0 aromatic carbocycles. The van der Waals surface area contributed by atoms with E-state index in [-0.39, 0.29) is 16.6 Å². The van der Waals surface area contributed by atoms with E-state index in [9.17, 15) is 4.79 Å². The first-order valence-corrected chi connectivity index (χ1v) is 10.5. The fraction of sp³-hybridized carbons (Fsp3) is 0.812. The standard InChI is InChI=1S/C16H28O2Si/c1-15(2,3)19(4,5)18-14-10-8-12-16(14)11-7-6-9-13(16)17/h8,12,14H,6-7,9-11H2,1-5H3/t14-,16+/m0/s1. The van der Waals surface area contributed by atoms with Crippen LogP contribution in [0.25, 0.3) is 0 Å². The third-order valence-corrected chi connectivity index (χ3v) is 9.83. The van der Waals surface area contributed by atoms with Gasteiger partial charge in [0, 0.05) is 6.42 Å². The third kappa shape index (κ3) is 2.59. The van der Waals surface area contributed by atoms with Crippen LogP contribution in [-0.4, -0.2) is 20.2 Å². The summed E-state index contributed by atoms with van der Waals surface area (Å²) in [7, 11) is -1.80.